The minimum atomic E-state index is -0.219. The van der Waals surface area contributed by atoms with Crippen molar-refractivity contribution in [3.8, 4) is 11.4 Å². The molecule has 3 heterocycles. The number of hydrogen-bond acceptors (Lipinski definition) is 6. The van der Waals surface area contributed by atoms with E-state index in [2.05, 4.69) is 15.1 Å². The Morgan fingerprint density at radius 3 is 2.79 bits per heavy atom. The third-order valence-electron chi connectivity index (χ3n) is 3.55. The van der Waals surface area contributed by atoms with Crippen LogP contribution < -0.4 is 0 Å². The predicted octanol–water partition coefficient (Wildman–Crippen LogP) is 3.12. The van der Waals surface area contributed by atoms with Crippen LogP contribution in [0.25, 0.3) is 11.4 Å². The van der Waals surface area contributed by atoms with E-state index in [1.807, 2.05) is 32.0 Å². The lowest BCUT2D eigenvalue weighted by atomic mass is 10.1. The number of hydrogen-bond donors (Lipinski definition) is 0. The molecule has 0 spiro atoms. The second-order valence-electron chi connectivity index (χ2n) is 5.77. The highest BCUT2D eigenvalue weighted by Crippen LogP contribution is 2.21. The van der Waals surface area contributed by atoms with Crippen LogP contribution >= 0.6 is 0 Å². The summed E-state index contributed by atoms with van der Waals surface area (Å²) < 4.78 is 10.6. The fourth-order valence-corrected chi connectivity index (χ4v) is 2.33. The van der Waals surface area contributed by atoms with Gasteiger partial charge in [-0.15, -0.1) is 0 Å². The fraction of sp³-hybridized carbons (Fsp3) is 0.294. The minimum absolute atomic E-state index is 0.0842. The van der Waals surface area contributed by atoms with Crippen molar-refractivity contribution in [3.63, 3.8) is 0 Å². The highest BCUT2D eigenvalue weighted by atomic mass is 16.5. The van der Waals surface area contributed by atoms with Gasteiger partial charge in [0.2, 0.25) is 0 Å². The zero-order valence-corrected chi connectivity index (χ0v) is 13.8. The van der Waals surface area contributed by atoms with Crippen LogP contribution in [0, 0.1) is 0 Å². The fourth-order valence-electron chi connectivity index (χ4n) is 2.33. The van der Waals surface area contributed by atoms with Crippen LogP contribution in [-0.4, -0.2) is 33.0 Å². The molecule has 3 rings (SSSR count). The summed E-state index contributed by atoms with van der Waals surface area (Å²) in [6.45, 7) is 4.18. The molecular formula is C17H18N4O3. The molecule has 0 atom stereocenters. The van der Waals surface area contributed by atoms with Crippen molar-refractivity contribution < 1.29 is 13.7 Å². The van der Waals surface area contributed by atoms with Crippen molar-refractivity contribution in [2.45, 2.75) is 26.3 Å². The summed E-state index contributed by atoms with van der Waals surface area (Å²) in [4.78, 5) is 22.3. The first-order valence-corrected chi connectivity index (χ1v) is 7.62. The smallest absolute Gasteiger partial charge is 0.276 e. The quantitative estimate of drug-likeness (QED) is 0.716. The lowest BCUT2D eigenvalue weighted by Crippen LogP contribution is -2.27. The maximum Gasteiger partial charge on any atom is 0.276 e. The van der Waals surface area contributed by atoms with Gasteiger partial charge >= 0.3 is 0 Å². The van der Waals surface area contributed by atoms with E-state index in [0.717, 1.165) is 5.69 Å². The molecule has 0 aliphatic heterocycles. The van der Waals surface area contributed by atoms with Crippen molar-refractivity contribution in [3.05, 3.63) is 54.1 Å². The molecule has 3 aromatic heterocycles. The Morgan fingerprint density at radius 2 is 2.08 bits per heavy atom. The van der Waals surface area contributed by atoms with Gasteiger partial charge < -0.3 is 13.8 Å². The molecular weight excluding hydrogens is 308 g/mol. The first-order chi connectivity index (χ1) is 11.6. The van der Waals surface area contributed by atoms with Crippen LogP contribution in [-0.2, 0) is 6.54 Å². The number of carbonyl (C=O) groups is 1. The van der Waals surface area contributed by atoms with E-state index >= 15 is 0 Å². The molecule has 3 aromatic rings. The summed E-state index contributed by atoms with van der Waals surface area (Å²) in [6.07, 6.45) is 2.99. The van der Waals surface area contributed by atoms with Gasteiger partial charge in [0.15, 0.2) is 17.8 Å². The molecule has 124 valence electrons. The summed E-state index contributed by atoms with van der Waals surface area (Å²) in [5.74, 6) is 1.02. The van der Waals surface area contributed by atoms with Crippen LogP contribution in [0.5, 0.6) is 0 Å². The molecule has 0 radical (unpaired) electrons. The van der Waals surface area contributed by atoms with Gasteiger partial charge in [-0.2, -0.15) is 0 Å². The Labute approximate surface area is 139 Å². The first-order valence-electron chi connectivity index (χ1n) is 7.62. The SMILES string of the molecule is CC(C)c1ocnc1C(=O)N(C)Cc1cc(-c2ccccn2)no1. The van der Waals surface area contributed by atoms with Crippen molar-refractivity contribution in [1.29, 1.82) is 0 Å². The number of oxazole rings is 1. The van der Waals surface area contributed by atoms with Crippen LogP contribution in [0.3, 0.4) is 0 Å². The molecule has 0 aliphatic rings. The van der Waals surface area contributed by atoms with Gasteiger partial charge in [-0.05, 0) is 12.1 Å². The zero-order valence-electron chi connectivity index (χ0n) is 13.8. The third-order valence-corrected chi connectivity index (χ3v) is 3.55. The van der Waals surface area contributed by atoms with Gasteiger partial charge in [-0.25, -0.2) is 4.98 Å². The average Bonchev–Trinajstić information content (AvgIpc) is 3.24. The Kier molecular flexibility index (Phi) is 4.41. The number of rotatable bonds is 5. The van der Waals surface area contributed by atoms with Crippen molar-refractivity contribution in [2.75, 3.05) is 7.05 Å². The van der Waals surface area contributed by atoms with E-state index in [4.69, 9.17) is 8.94 Å². The summed E-state index contributed by atoms with van der Waals surface area (Å²) in [5, 5.41) is 4.00. The Balaban J connectivity index is 1.73. The molecule has 0 fully saturated rings. The van der Waals surface area contributed by atoms with E-state index < -0.39 is 0 Å². The lowest BCUT2D eigenvalue weighted by Gasteiger charge is -2.14. The molecule has 0 N–H and O–H groups in total. The van der Waals surface area contributed by atoms with E-state index in [9.17, 15) is 4.79 Å². The second-order valence-corrected chi connectivity index (χ2v) is 5.77. The van der Waals surface area contributed by atoms with Crippen molar-refractivity contribution >= 4 is 5.91 Å². The van der Waals surface area contributed by atoms with Gasteiger partial charge in [0.05, 0.1) is 12.2 Å². The standard InChI is InChI=1S/C17H18N4O3/c1-11(2)16-15(19-10-23-16)17(22)21(3)9-12-8-14(20-24-12)13-6-4-5-7-18-13/h4-8,10-11H,9H2,1-3H3. The summed E-state index contributed by atoms with van der Waals surface area (Å²) in [6, 6.07) is 7.34. The van der Waals surface area contributed by atoms with Crippen LogP contribution in [0.15, 0.2) is 45.8 Å². The normalized spacial score (nSPS) is 11.0. The Bertz CT molecular complexity index is 823. The number of nitrogens with zero attached hydrogens (tertiary/aromatic N) is 4. The minimum Gasteiger partial charge on any atom is -0.447 e. The molecule has 0 bridgehead atoms. The monoisotopic (exact) mass is 326 g/mol. The van der Waals surface area contributed by atoms with E-state index in [1.165, 1.54) is 11.3 Å². The largest absolute Gasteiger partial charge is 0.447 e. The van der Waals surface area contributed by atoms with Crippen LogP contribution in [0.4, 0.5) is 0 Å². The topological polar surface area (TPSA) is 85.3 Å². The molecule has 0 aromatic carbocycles. The van der Waals surface area contributed by atoms with Gasteiger partial charge in [-0.3, -0.25) is 9.78 Å². The molecule has 1 amide bonds. The first kappa shape index (κ1) is 15.9. The maximum absolute atomic E-state index is 12.5. The number of amides is 1. The van der Waals surface area contributed by atoms with E-state index in [-0.39, 0.29) is 18.4 Å². The molecule has 0 saturated heterocycles. The Morgan fingerprint density at radius 1 is 1.25 bits per heavy atom. The van der Waals surface area contributed by atoms with Gasteiger partial charge in [0, 0.05) is 25.2 Å². The molecule has 0 unspecified atom stereocenters. The molecule has 0 saturated carbocycles. The predicted molar refractivity (Wildman–Crippen MR) is 86.1 cm³/mol. The second kappa shape index (κ2) is 6.66. The highest BCUT2D eigenvalue weighted by Gasteiger charge is 2.23. The highest BCUT2D eigenvalue weighted by molar-refractivity contribution is 5.93. The molecule has 0 aliphatic carbocycles. The number of aromatic nitrogens is 3. The van der Waals surface area contributed by atoms with Crippen molar-refractivity contribution in [1.82, 2.24) is 20.0 Å². The Hall–Kier alpha value is -2.96. The van der Waals surface area contributed by atoms with Gasteiger partial charge in [-0.1, -0.05) is 25.1 Å². The van der Waals surface area contributed by atoms with Crippen LogP contribution in [0.2, 0.25) is 0 Å². The summed E-state index contributed by atoms with van der Waals surface area (Å²) in [5.41, 5.74) is 1.69. The zero-order chi connectivity index (χ0) is 17.1. The number of pyridine rings is 1. The van der Waals surface area contributed by atoms with E-state index in [0.29, 0.717) is 22.9 Å². The summed E-state index contributed by atoms with van der Waals surface area (Å²) >= 11 is 0. The molecule has 24 heavy (non-hydrogen) atoms. The average molecular weight is 326 g/mol. The van der Waals surface area contributed by atoms with E-state index in [1.54, 1.807) is 19.3 Å². The number of carbonyl (C=O) groups excluding carboxylic acids is 1. The molecule has 7 nitrogen and oxygen atoms in total. The lowest BCUT2D eigenvalue weighted by molar-refractivity contribution is 0.0764. The summed E-state index contributed by atoms with van der Waals surface area (Å²) in [7, 11) is 1.68. The van der Waals surface area contributed by atoms with Crippen molar-refractivity contribution in [2.24, 2.45) is 0 Å². The maximum atomic E-state index is 12.5. The molecule has 7 heteroatoms. The van der Waals surface area contributed by atoms with Crippen LogP contribution in [0.1, 0.15) is 41.8 Å². The van der Waals surface area contributed by atoms with Gasteiger partial charge in [0.25, 0.3) is 5.91 Å². The van der Waals surface area contributed by atoms with Gasteiger partial charge in [0.1, 0.15) is 11.5 Å². The third kappa shape index (κ3) is 3.19.